The minimum Gasteiger partial charge on any atom is -0.493 e. The highest BCUT2D eigenvalue weighted by molar-refractivity contribution is 5.38. The van der Waals surface area contributed by atoms with Crippen molar-refractivity contribution in [3.63, 3.8) is 0 Å². The van der Waals surface area contributed by atoms with Gasteiger partial charge in [-0.2, -0.15) is 13.2 Å². The van der Waals surface area contributed by atoms with E-state index in [0.29, 0.717) is 12.0 Å². The smallest absolute Gasteiger partial charge is 0.419 e. The SMILES string of the molecule is Cc1ccc(OCCCc2ccccc2)c(C(F)(F)F)c1. The molecule has 4 heteroatoms. The van der Waals surface area contributed by atoms with Crippen LogP contribution < -0.4 is 4.74 Å². The molecule has 0 aliphatic rings. The lowest BCUT2D eigenvalue weighted by molar-refractivity contribution is -0.139. The van der Waals surface area contributed by atoms with E-state index in [1.54, 1.807) is 13.0 Å². The molecule has 112 valence electrons. The van der Waals surface area contributed by atoms with E-state index in [9.17, 15) is 13.2 Å². The van der Waals surface area contributed by atoms with Gasteiger partial charge >= 0.3 is 6.18 Å². The van der Waals surface area contributed by atoms with Crippen molar-refractivity contribution in [2.75, 3.05) is 6.61 Å². The molecule has 0 amide bonds. The maximum Gasteiger partial charge on any atom is 0.419 e. The Morgan fingerprint density at radius 2 is 1.71 bits per heavy atom. The second-order valence-corrected chi connectivity index (χ2v) is 4.93. The first-order chi connectivity index (χ1) is 9.97. The standard InChI is InChI=1S/C17H17F3O/c1-13-9-10-16(15(12-13)17(18,19)20)21-11-5-8-14-6-3-2-4-7-14/h2-4,6-7,9-10,12H,5,8,11H2,1H3. The fourth-order valence-corrected chi connectivity index (χ4v) is 2.09. The van der Waals surface area contributed by atoms with Crippen molar-refractivity contribution in [3.8, 4) is 5.75 Å². The van der Waals surface area contributed by atoms with Crippen molar-refractivity contribution < 1.29 is 17.9 Å². The molecule has 0 N–H and O–H groups in total. The maximum atomic E-state index is 12.9. The molecule has 0 aromatic heterocycles. The zero-order chi connectivity index (χ0) is 15.3. The van der Waals surface area contributed by atoms with Gasteiger partial charge in [0, 0.05) is 0 Å². The number of rotatable bonds is 5. The van der Waals surface area contributed by atoms with Crippen LogP contribution in [0.25, 0.3) is 0 Å². The molecule has 0 spiro atoms. The Kier molecular flexibility index (Phi) is 4.89. The van der Waals surface area contributed by atoms with Gasteiger partial charge in [0.15, 0.2) is 0 Å². The summed E-state index contributed by atoms with van der Waals surface area (Å²) in [6, 6.07) is 13.9. The minimum absolute atomic E-state index is 0.0961. The number of hydrogen-bond acceptors (Lipinski definition) is 1. The van der Waals surface area contributed by atoms with Crippen molar-refractivity contribution in [1.29, 1.82) is 0 Å². The van der Waals surface area contributed by atoms with Crippen LogP contribution in [0.2, 0.25) is 0 Å². The molecule has 21 heavy (non-hydrogen) atoms. The van der Waals surface area contributed by atoms with E-state index in [1.165, 1.54) is 6.07 Å². The van der Waals surface area contributed by atoms with Crippen molar-refractivity contribution in [3.05, 3.63) is 65.2 Å². The summed E-state index contributed by atoms with van der Waals surface area (Å²) in [7, 11) is 0. The zero-order valence-electron chi connectivity index (χ0n) is 11.8. The van der Waals surface area contributed by atoms with E-state index in [2.05, 4.69) is 0 Å². The Morgan fingerprint density at radius 1 is 1.00 bits per heavy atom. The molecule has 0 saturated carbocycles. The molecule has 0 fully saturated rings. The van der Waals surface area contributed by atoms with Crippen molar-refractivity contribution in [2.45, 2.75) is 25.9 Å². The number of ether oxygens (including phenoxy) is 1. The summed E-state index contributed by atoms with van der Waals surface area (Å²) in [6.07, 6.45) is -2.93. The number of benzene rings is 2. The molecule has 0 radical (unpaired) electrons. The molecular formula is C17H17F3O. The molecule has 2 aromatic carbocycles. The molecule has 2 rings (SSSR count). The molecule has 0 bridgehead atoms. The average molecular weight is 294 g/mol. The first-order valence-corrected chi connectivity index (χ1v) is 6.81. The lowest BCUT2D eigenvalue weighted by Gasteiger charge is -2.14. The fourth-order valence-electron chi connectivity index (χ4n) is 2.09. The monoisotopic (exact) mass is 294 g/mol. The Hall–Kier alpha value is -1.97. The van der Waals surface area contributed by atoms with E-state index in [-0.39, 0.29) is 12.4 Å². The molecular weight excluding hydrogens is 277 g/mol. The van der Waals surface area contributed by atoms with E-state index in [1.807, 2.05) is 30.3 Å². The summed E-state index contributed by atoms with van der Waals surface area (Å²) in [5, 5.41) is 0. The minimum atomic E-state index is -4.39. The van der Waals surface area contributed by atoms with Crippen molar-refractivity contribution in [1.82, 2.24) is 0 Å². The molecule has 0 unspecified atom stereocenters. The predicted octanol–water partition coefficient (Wildman–Crippen LogP) is 5.03. The van der Waals surface area contributed by atoms with Crippen LogP contribution in [0.3, 0.4) is 0 Å². The molecule has 0 aliphatic carbocycles. The topological polar surface area (TPSA) is 9.23 Å². The molecule has 0 heterocycles. The zero-order valence-corrected chi connectivity index (χ0v) is 11.8. The van der Waals surface area contributed by atoms with Crippen LogP contribution >= 0.6 is 0 Å². The van der Waals surface area contributed by atoms with Crippen LogP contribution in [0.4, 0.5) is 13.2 Å². The Bertz CT molecular complexity index is 576. The van der Waals surface area contributed by atoms with Gasteiger partial charge < -0.3 is 4.74 Å². The van der Waals surface area contributed by atoms with Crippen LogP contribution in [0.1, 0.15) is 23.1 Å². The van der Waals surface area contributed by atoms with Gasteiger partial charge in [0.05, 0.1) is 12.2 Å². The molecule has 1 nitrogen and oxygen atoms in total. The summed E-state index contributed by atoms with van der Waals surface area (Å²) in [5.41, 5.74) is 1.02. The Labute approximate surface area is 122 Å². The van der Waals surface area contributed by atoms with Crippen molar-refractivity contribution >= 4 is 0 Å². The predicted molar refractivity (Wildman–Crippen MR) is 76.4 cm³/mol. The van der Waals surface area contributed by atoms with Gasteiger partial charge in [0.2, 0.25) is 0 Å². The molecule has 0 saturated heterocycles. The van der Waals surface area contributed by atoms with Crippen LogP contribution in [-0.2, 0) is 12.6 Å². The van der Waals surface area contributed by atoms with Gasteiger partial charge in [-0.15, -0.1) is 0 Å². The molecule has 0 atom stereocenters. The van der Waals surface area contributed by atoms with Crippen LogP contribution in [-0.4, -0.2) is 6.61 Å². The fraction of sp³-hybridized carbons (Fsp3) is 0.294. The summed E-state index contributed by atoms with van der Waals surface area (Å²) in [4.78, 5) is 0. The number of halogens is 3. The summed E-state index contributed by atoms with van der Waals surface area (Å²) in [6.45, 7) is 1.90. The summed E-state index contributed by atoms with van der Waals surface area (Å²) >= 11 is 0. The maximum absolute atomic E-state index is 12.9. The lowest BCUT2D eigenvalue weighted by atomic mass is 10.1. The van der Waals surface area contributed by atoms with E-state index in [4.69, 9.17) is 4.74 Å². The first-order valence-electron chi connectivity index (χ1n) is 6.81. The quantitative estimate of drug-likeness (QED) is 0.703. The Morgan fingerprint density at radius 3 is 2.38 bits per heavy atom. The highest BCUT2D eigenvalue weighted by Gasteiger charge is 2.34. The molecule has 0 aliphatic heterocycles. The lowest BCUT2D eigenvalue weighted by Crippen LogP contribution is -2.10. The molecule has 2 aromatic rings. The van der Waals surface area contributed by atoms with Crippen LogP contribution in [0.5, 0.6) is 5.75 Å². The van der Waals surface area contributed by atoms with Crippen LogP contribution in [0.15, 0.2) is 48.5 Å². The van der Waals surface area contributed by atoms with Gasteiger partial charge in [-0.3, -0.25) is 0 Å². The number of hydrogen-bond donors (Lipinski definition) is 0. The van der Waals surface area contributed by atoms with Crippen LogP contribution in [0, 0.1) is 6.92 Å². The largest absolute Gasteiger partial charge is 0.493 e. The van der Waals surface area contributed by atoms with Gasteiger partial charge in [-0.25, -0.2) is 0 Å². The van der Waals surface area contributed by atoms with E-state index < -0.39 is 11.7 Å². The average Bonchev–Trinajstić information content (AvgIpc) is 2.45. The van der Waals surface area contributed by atoms with Gasteiger partial charge in [-0.1, -0.05) is 42.0 Å². The third kappa shape index (κ3) is 4.52. The summed E-state index contributed by atoms with van der Waals surface area (Å²) in [5.74, 6) is -0.0961. The normalized spacial score (nSPS) is 11.4. The summed E-state index contributed by atoms with van der Waals surface area (Å²) < 4.78 is 44.1. The highest BCUT2D eigenvalue weighted by atomic mass is 19.4. The third-order valence-corrected chi connectivity index (χ3v) is 3.15. The van der Waals surface area contributed by atoms with Crippen molar-refractivity contribution in [2.24, 2.45) is 0 Å². The van der Waals surface area contributed by atoms with E-state index >= 15 is 0 Å². The number of aryl methyl sites for hydroxylation is 2. The highest BCUT2D eigenvalue weighted by Crippen LogP contribution is 2.36. The first kappa shape index (κ1) is 15.4. The van der Waals surface area contributed by atoms with Gasteiger partial charge in [-0.05, 0) is 37.5 Å². The Balaban J connectivity index is 1.94. The number of alkyl halides is 3. The third-order valence-electron chi connectivity index (χ3n) is 3.15. The second-order valence-electron chi connectivity index (χ2n) is 4.93. The second kappa shape index (κ2) is 6.66. The van der Waals surface area contributed by atoms with E-state index in [0.717, 1.165) is 18.1 Å². The van der Waals surface area contributed by atoms with Gasteiger partial charge in [0.1, 0.15) is 5.75 Å². The van der Waals surface area contributed by atoms with Gasteiger partial charge in [0.25, 0.3) is 0 Å².